The predicted octanol–water partition coefficient (Wildman–Crippen LogP) is 29.3. The Morgan fingerprint density at radius 2 is 0.833 bits per heavy atom. The molecule has 0 aliphatic carbocycles. The molecule has 0 fully saturated rings. The summed E-state index contributed by atoms with van der Waals surface area (Å²) in [5.74, 6) is 14.3. The second-order valence-electron chi connectivity index (χ2n) is 40.6. The number of esters is 1. The number of hydrogen-bond donors (Lipinski definition) is 1. The van der Waals surface area contributed by atoms with Crippen LogP contribution in [0.2, 0.25) is 19.6 Å². The van der Waals surface area contributed by atoms with Crippen molar-refractivity contribution < 1.29 is 47.9 Å². The highest BCUT2D eigenvalue weighted by Crippen LogP contribution is 2.53. The van der Waals surface area contributed by atoms with Gasteiger partial charge in [0, 0.05) is 73.6 Å². The van der Waals surface area contributed by atoms with Crippen LogP contribution in [0.15, 0.2) is 141 Å². The Hall–Kier alpha value is -7.30. The van der Waals surface area contributed by atoms with Crippen LogP contribution in [0.4, 0.5) is 0 Å². The van der Waals surface area contributed by atoms with Gasteiger partial charge >= 0.3 is 11.9 Å². The lowest BCUT2D eigenvalue weighted by Crippen LogP contribution is -2.42. The minimum Gasteiger partial charge on any atom is -0.488 e. The van der Waals surface area contributed by atoms with Crippen LogP contribution in [0, 0.1) is 39.7 Å². The lowest BCUT2D eigenvalue weighted by molar-refractivity contribution is -0.137. The van der Waals surface area contributed by atoms with Crippen LogP contribution >= 0.6 is 70.4 Å². The second-order valence-corrected chi connectivity index (χ2v) is 49.4. The van der Waals surface area contributed by atoms with Crippen molar-refractivity contribution in [3.05, 3.63) is 222 Å². The quantitative estimate of drug-likeness (QED) is 0.0373. The SMILES string of the molecule is C#C[Si](C)(C)C.C#Cc1cc(C(C)C)c2c(c1)C(C)(C)CC(C)(C)O2.CC(=O)c1cc(Br)cc2c1OC(C)(C)CC2(C)C.CC(C)c1cc(Br)cc2c1OC(C)(C)CC2(C)C.CC(C)c1cc(C#Cc2cccc(/C=C/C(=O)O)c2)cc2c1OC(C)(C)CC2(C)C.CC1(C)CC(C)(C)c2cc(Br)ccc2O1.CCOC(=O)C=Cc1cccc(I)c1. The average Bonchev–Trinajstić information content (AvgIpc) is 0.745. The Labute approximate surface area is 762 Å². The van der Waals surface area contributed by atoms with Crippen LogP contribution in [0.1, 0.15) is 326 Å². The third-order valence-corrected chi connectivity index (χ3v) is 24.2. The average molecular weight is 1950 g/mol. The highest BCUT2D eigenvalue weighted by molar-refractivity contribution is 14.1. The number of carbonyl (C=O) groups is 3. The normalized spacial score (nSPS) is 17.7. The Balaban J connectivity index is 0.000000224. The first-order valence-electron chi connectivity index (χ1n) is 41.8. The van der Waals surface area contributed by atoms with E-state index in [0.29, 0.717) is 29.9 Å². The van der Waals surface area contributed by atoms with Gasteiger partial charge in [0.05, 0.1) is 12.2 Å². The zero-order valence-electron chi connectivity index (χ0n) is 77.5. The zero-order chi connectivity index (χ0) is 90.8. The molecule has 5 aliphatic heterocycles. The summed E-state index contributed by atoms with van der Waals surface area (Å²) in [6, 6.07) is 38.6. The molecule has 10 nitrogen and oxygen atoms in total. The molecule has 0 bridgehead atoms. The maximum atomic E-state index is 11.8. The van der Waals surface area contributed by atoms with Gasteiger partial charge in [-0.2, -0.15) is 0 Å². The van der Waals surface area contributed by atoms with E-state index in [9.17, 15) is 14.4 Å². The number of rotatable bonds is 9. The maximum absolute atomic E-state index is 11.8. The minimum absolute atomic E-state index is 0.0000431. The molecule has 7 aromatic rings. The third kappa shape index (κ3) is 29.2. The fourth-order valence-corrected chi connectivity index (χ4v) is 19.0. The van der Waals surface area contributed by atoms with Crippen LogP contribution in [0.5, 0.6) is 28.7 Å². The van der Waals surface area contributed by atoms with Gasteiger partial charge in [-0.05, 0) is 314 Å². The topological polar surface area (TPSA) is 127 Å². The lowest BCUT2D eigenvalue weighted by Gasteiger charge is -2.43. The van der Waals surface area contributed by atoms with Crippen molar-refractivity contribution >= 4 is 108 Å². The monoisotopic (exact) mass is 1950 g/mol. The molecule has 12 rings (SSSR count). The van der Waals surface area contributed by atoms with Gasteiger partial charge in [-0.15, -0.1) is 18.4 Å². The summed E-state index contributed by atoms with van der Waals surface area (Å²) >= 11 is 12.9. The molecule has 120 heavy (non-hydrogen) atoms. The van der Waals surface area contributed by atoms with E-state index in [2.05, 4.69) is 348 Å². The van der Waals surface area contributed by atoms with E-state index >= 15 is 0 Å². The molecular formula is C105H134Br3IO10Si. The van der Waals surface area contributed by atoms with E-state index in [4.69, 9.17) is 46.4 Å². The number of benzene rings is 7. The smallest absolute Gasteiger partial charge is 0.330 e. The van der Waals surface area contributed by atoms with Crippen molar-refractivity contribution in [3.63, 3.8) is 0 Å². The molecule has 1 N–H and O–H groups in total. The molecule has 15 heteroatoms. The molecular weight excluding hydrogens is 1820 g/mol. The first-order chi connectivity index (χ1) is 55.0. The number of fused-ring (bicyclic) bond motifs is 5. The molecule has 0 saturated carbocycles. The fraction of sp³-hybridized carbons (Fsp3) is 0.476. The van der Waals surface area contributed by atoms with E-state index in [1.165, 1.54) is 45.0 Å². The Bertz CT molecular complexity index is 5080. The van der Waals surface area contributed by atoms with Crippen molar-refractivity contribution in [1.29, 1.82) is 0 Å². The number of Topliss-reactive ketones (excluding diaryl/α,β-unsaturated/α-hetero) is 1. The van der Waals surface area contributed by atoms with Crippen LogP contribution in [-0.4, -0.2) is 65.5 Å². The van der Waals surface area contributed by atoms with Gasteiger partial charge in [-0.3, -0.25) is 4.79 Å². The summed E-state index contributed by atoms with van der Waals surface area (Å²) in [6.45, 7) is 67.6. The number of ether oxygens (including phenoxy) is 6. The number of aliphatic carboxylic acids is 1. The Morgan fingerprint density at radius 1 is 0.467 bits per heavy atom. The van der Waals surface area contributed by atoms with E-state index in [1.54, 1.807) is 26.0 Å². The summed E-state index contributed by atoms with van der Waals surface area (Å²) in [7, 11) is -1.10. The van der Waals surface area contributed by atoms with Gasteiger partial charge in [-0.25, -0.2) is 9.59 Å². The van der Waals surface area contributed by atoms with E-state index in [-0.39, 0.29) is 66.8 Å². The van der Waals surface area contributed by atoms with Crippen molar-refractivity contribution in [2.75, 3.05) is 6.61 Å². The first-order valence-corrected chi connectivity index (χ1v) is 48.8. The van der Waals surface area contributed by atoms with Crippen LogP contribution < -0.4 is 23.7 Å². The van der Waals surface area contributed by atoms with Crippen molar-refractivity contribution in [1.82, 2.24) is 0 Å². The highest BCUT2D eigenvalue weighted by atomic mass is 127. The molecule has 0 amide bonds. The summed E-state index contributed by atoms with van der Waals surface area (Å²) in [6.07, 6.45) is 21.6. The summed E-state index contributed by atoms with van der Waals surface area (Å²) in [5.41, 5.74) is 17.7. The van der Waals surface area contributed by atoms with Gasteiger partial charge < -0.3 is 33.5 Å². The van der Waals surface area contributed by atoms with Crippen LogP contribution in [0.3, 0.4) is 0 Å². The molecule has 0 aromatic heterocycles. The zero-order valence-corrected chi connectivity index (χ0v) is 85.5. The van der Waals surface area contributed by atoms with Crippen LogP contribution in [0.25, 0.3) is 12.2 Å². The molecule has 646 valence electrons. The van der Waals surface area contributed by atoms with E-state index in [1.807, 2.05) is 60.7 Å². The van der Waals surface area contributed by atoms with Gasteiger partial charge in [0.25, 0.3) is 0 Å². The lowest BCUT2D eigenvalue weighted by atomic mass is 9.72. The number of carbonyl (C=O) groups excluding carboxylic acids is 2. The molecule has 0 spiro atoms. The molecule has 0 saturated heterocycles. The van der Waals surface area contributed by atoms with Gasteiger partial charge in [0.1, 0.15) is 64.8 Å². The largest absolute Gasteiger partial charge is 0.488 e. The summed E-state index contributed by atoms with van der Waals surface area (Å²) in [5, 5.41) is 8.81. The number of halogens is 4. The second kappa shape index (κ2) is 40.1. The van der Waals surface area contributed by atoms with Gasteiger partial charge in [0.15, 0.2) is 5.78 Å². The standard InChI is InChI=1S/C27H30O3.C18H24O.C16H23BrO.C15H19BrO2.C13H17BrO.C11H11IO2.C5H10Si/c1-18(2)22-15-21(16-23-25(22)30-27(5,6)17-26(23,3)4)11-10-19-8-7-9-20(14-19)12-13-24(28)29;1-8-13-9-14(12(2)3)16-15(10-13)17(4,5)11-18(6,7)19-16;1-10(2)12-7-11(17)8-13-14(12)18-16(5,6)9-15(13,3)4;1-9(17)11-6-10(16)7-12-13(11)18-15(4,5)8-14(12,2)3;1-12(2)8-13(3,4)15-11-6-5-9(14)7-10(11)12;1-2-14-11(13)7-6-9-4-3-5-10(12)8-9;1-5-6(2,3)4/h7-9,12-16,18H,17H2,1-6H3,(H,28,29);1,9-10,12H,11H2,2-7H3;7-8,10H,9H2,1-6H3;6-7H,8H2,1-5H3;5-7H,8H2,1-4H3;3-8H,2H2,1H3;1H,2-4H3/b13-12+;;;;;;. The Kier molecular flexibility index (Phi) is 33.9. The highest BCUT2D eigenvalue weighted by Gasteiger charge is 2.45. The molecule has 0 atom stereocenters. The van der Waals surface area contributed by atoms with Gasteiger partial charge in [-0.1, -0.05) is 220 Å². The number of terminal acetylenes is 2. The van der Waals surface area contributed by atoms with Gasteiger partial charge in [0.2, 0.25) is 0 Å². The minimum atomic E-state index is -1.10. The summed E-state index contributed by atoms with van der Waals surface area (Å²) < 4.78 is 40.2. The Morgan fingerprint density at radius 3 is 1.26 bits per heavy atom. The van der Waals surface area contributed by atoms with Crippen molar-refractivity contribution in [2.45, 2.75) is 318 Å². The maximum Gasteiger partial charge on any atom is 0.330 e. The first kappa shape index (κ1) is 101. The fourth-order valence-electron chi connectivity index (χ4n) is 17.2. The predicted molar refractivity (Wildman–Crippen MR) is 523 cm³/mol. The molecule has 7 aromatic carbocycles. The number of hydrogen-bond acceptors (Lipinski definition) is 9. The molecule has 0 unspecified atom stereocenters. The number of ketones is 1. The van der Waals surface area contributed by atoms with E-state index in [0.717, 1.165) is 117 Å². The molecule has 5 aliphatic rings. The number of carboxylic acid groups (broad SMARTS) is 1. The van der Waals surface area contributed by atoms with E-state index < -0.39 is 14.0 Å². The van der Waals surface area contributed by atoms with Crippen LogP contribution in [-0.2, 0) is 41.4 Å². The summed E-state index contributed by atoms with van der Waals surface area (Å²) in [4.78, 5) is 33.5. The number of carboxylic acids is 1. The molecule has 0 radical (unpaired) electrons. The third-order valence-electron chi connectivity index (χ3n) is 21.2. The van der Waals surface area contributed by atoms with Crippen molar-refractivity contribution in [3.8, 4) is 64.9 Å². The molecule has 5 heterocycles. The van der Waals surface area contributed by atoms with Crippen molar-refractivity contribution in [2.24, 2.45) is 0 Å².